The second-order valence-corrected chi connectivity index (χ2v) is 10.0. The summed E-state index contributed by atoms with van der Waals surface area (Å²) in [5.74, 6) is -3.41. The minimum absolute atomic E-state index is 0.0196. The van der Waals surface area contributed by atoms with Gasteiger partial charge in [-0.3, -0.25) is 9.59 Å². The van der Waals surface area contributed by atoms with Gasteiger partial charge in [-0.2, -0.15) is 0 Å². The normalized spacial score (nSPS) is 10.8. The SMILES string of the molecule is COC(=O)c1cc(F)cc(N(C)Cc2ccccc2)c1NC(=O)CC(=O)Nc1ccc(C(=O)OC(C)(C)C)cc1. The van der Waals surface area contributed by atoms with E-state index in [9.17, 15) is 23.6 Å². The summed E-state index contributed by atoms with van der Waals surface area (Å²) in [4.78, 5) is 51.8. The van der Waals surface area contributed by atoms with Gasteiger partial charge in [0, 0.05) is 19.3 Å². The molecule has 0 aliphatic rings. The van der Waals surface area contributed by atoms with Crippen molar-refractivity contribution < 1.29 is 33.0 Å². The van der Waals surface area contributed by atoms with Gasteiger partial charge in [0.05, 0.1) is 29.6 Å². The molecule has 0 bridgehead atoms. The summed E-state index contributed by atoms with van der Waals surface area (Å²) in [5, 5.41) is 5.17. The van der Waals surface area contributed by atoms with Crippen molar-refractivity contribution in [2.75, 3.05) is 29.7 Å². The summed E-state index contributed by atoms with van der Waals surface area (Å²) in [6, 6.07) is 17.6. The standard InChI is InChI=1S/C30H32FN3O6/c1-30(2,3)40-28(37)20-11-13-22(14-12-20)32-25(35)17-26(36)33-27-23(29(38)39-5)15-21(31)16-24(27)34(4)18-19-9-7-6-8-10-19/h6-16H,17-18H2,1-5H3,(H,32,35)(H,33,36). The number of amides is 2. The van der Waals surface area contributed by atoms with Crippen LogP contribution >= 0.6 is 0 Å². The Bertz CT molecular complexity index is 1390. The molecule has 40 heavy (non-hydrogen) atoms. The fourth-order valence-electron chi connectivity index (χ4n) is 3.80. The predicted molar refractivity (Wildman–Crippen MR) is 150 cm³/mol. The van der Waals surface area contributed by atoms with E-state index >= 15 is 0 Å². The summed E-state index contributed by atoms with van der Waals surface area (Å²) in [7, 11) is 2.83. The van der Waals surface area contributed by atoms with Gasteiger partial charge in [-0.05, 0) is 62.7 Å². The molecule has 0 spiro atoms. The minimum atomic E-state index is -0.848. The second-order valence-electron chi connectivity index (χ2n) is 10.0. The highest BCUT2D eigenvalue weighted by molar-refractivity contribution is 6.11. The van der Waals surface area contributed by atoms with Crippen molar-refractivity contribution in [2.24, 2.45) is 0 Å². The first-order valence-electron chi connectivity index (χ1n) is 12.5. The molecular weight excluding hydrogens is 517 g/mol. The van der Waals surface area contributed by atoms with Gasteiger partial charge in [0.1, 0.15) is 17.8 Å². The number of nitrogens with zero attached hydrogens (tertiary/aromatic N) is 1. The van der Waals surface area contributed by atoms with Crippen molar-refractivity contribution >= 4 is 40.8 Å². The van der Waals surface area contributed by atoms with Crippen LogP contribution in [0.5, 0.6) is 0 Å². The van der Waals surface area contributed by atoms with E-state index in [1.165, 1.54) is 30.3 Å². The molecule has 0 aliphatic carbocycles. The number of methoxy groups -OCH3 is 1. The van der Waals surface area contributed by atoms with Crippen LogP contribution in [0.1, 0.15) is 53.5 Å². The Balaban J connectivity index is 1.74. The van der Waals surface area contributed by atoms with Crippen LogP contribution < -0.4 is 15.5 Å². The van der Waals surface area contributed by atoms with Gasteiger partial charge < -0.3 is 25.0 Å². The number of carbonyl (C=O) groups excluding carboxylic acids is 4. The highest BCUT2D eigenvalue weighted by Gasteiger charge is 2.23. The van der Waals surface area contributed by atoms with Crippen LogP contribution in [0.25, 0.3) is 0 Å². The first kappa shape index (κ1) is 29.8. The van der Waals surface area contributed by atoms with Gasteiger partial charge in [-0.1, -0.05) is 30.3 Å². The van der Waals surface area contributed by atoms with Crippen molar-refractivity contribution in [1.82, 2.24) is 0 Å². The maximum Gasteiger partial charge on any atom is 0.340 e. The van der Waals surface area contributed by atoms with Crippen LogP contribution in [0.4, 0.5) is 21.5 Å². The maximum atomic E-state index is 14.5. The number of hydrogen-bond donors (Lipinski definition) is 2. The van der Waals surface area contributed by atoms with Crippen molar-refractivity contribution in [3.05, 3.63) is 89.2 Å². The molecule has 0 heterocycles. The first-order chi connectivity index (χ1) is 18.9. The highest BCUT2D eigenvalue weighted by Crippen LogP contribution is 2.32. The lowest BCUT2D eigenvalue weighted by atomic mass is 10.1. The molecular formula is C30H32FN3O6. The molecule has 210 valence electrons. The molecule has 0 aromatic heterocycles. The van der Waals surface area contributed by atoms with E-state index in [2.05, 4.69) is 10.6 Å². The van der Waals surface area contributed by atoms with Gasteiger partial charge in [-0.25, -0.2) is 14.0 Å². The second kappa shape index (κ2) is 12.9. The number of halogens is 1. The molecule has 10 heteroatoms. The lowest BCUT2D eigenvalue weighted by Gasteiger charge is -2.24. The van der Waals surface area contributed by atoms with Gasteiger partial charge in [0.15, 0.2) is 0 Å². The third kappa shape index (κ3) is 8.39. The molecule has 3 rings (SSSR count). The first-order valence-corrected chi connectivity index (χ1v) is 12.5. The van der Waals surface area contributed by atoms with Crippen molar-refractivity contribution in [3.8, 4) is 0 Å². The highest BCUT2D eigenvalue weighted by atomic mass is 19.1. The smallest absolute Gasteiger partial charge is 0.340 e. The Morgan fingerprint density at radius 2 is 1.50 bits per heavy atom. The summed E-state index contributed by atoms with van der Waals surface area (Å²) in [6.45, 7) is 5.63. The lowest BCUT2D eigenvalue weighted by molar-refractivity contribution is -0.123. The zero-order valence-electron chi connectivity index (χ0n) is 23.0. The molecule has 3 aromatic carbocycles. The van der Waals surface area contributed by atoms with E-state index in [0.29, 0.717) is 17.8 Å². The van der Waals surface area contributed by atoms with Gasteiger partial charge in [0.2, 0.25) is 11.8 Å². The van der Waals surface area contributed by atoms with Crippen molar-refractivity contribution in [1.29, 1.82) is 0 Å². The fourth-order valence-corrected chi connectivity index (χ4v) is 3.80. The predicted octanol–water partition coefficient (Wildman–Crippen LogP) is 5.17. The Labute approximate surface area is 232 Å². The number of rotatable bonds is 9. The van der Waals surface area contributed by atoms with Crippen LogP contribution in [0, 0.1) is 5.82 Å². The Morgan fingerprint density at radius 1 is 0.875 bits per heavy atom. The Morgan fingerprint density at radius 3 is 2.10 bits per heavy atom. The third-order valence-electron chi connectivity index (χ3n) is 5.55. The van der Waals surface area contributed by atoms with Crippen molar-refractivity contribution in [2.45, 2.75) is 39.3 Å². The Kier molecular flexibility index (Phi) is 9.60. The van der Waals surface area contributed by atoms with Crippen LogP contribution in [0.2, 0.25) is 0 Å². The number of nitrogens with one attached hydrogen (secondary N) is 2. The molecule has 2 amide bonds. The monoisotopic (exact) mass is 549 g/mol. The number of benzene rings is 3. The van der Waals surface area contributed by atoms with E-state index in [1.807, 2.05) is 30.3 Å². The topological polar surface area (TPSA) is 114 Å². The van der Waals surface area contributed by atoms with E-state index in [4.69, 9.17) is 9.47 Å². The van der Waals surface area contributed by atoms with Crippen LogP contribution in [-0.4, -0.2) is 43.5 Å². The molecule has 0 atom stereocenters. The summed E-state index contributed by atoms with van der Waals surface area (Å²) < 4.78 is 24.6. The largest absolute Gasteiger partial charge is 0.465 e. The summed E-state index contributed by atoms with van der Waals surface area (Å²) in [5.41, 5.74) is 1.01. The van der Waals surface area contributed by atoms with Gasteiger partial charge >= 0.3 is 11.9 Å². The van der Waals surface area contributed by atoms with E-state index in [-0.39, 0.29) is 16.9 Å². The molecule has 0 aliphatic heterocycles. The number of hydrogen-bond acceptors (Lipinski definition) is 7. The van der Waals surface area contributed by atoms with E-state index < -0.39 is 41.6 Å². The lowest BCUT2D eigenvalue weighted by Crippen LogP contribution is -2.25. The summed E-state index contributed by atoms with van der Waals surface area (Å²) in [6.07, 6.45) is -0.590. The molecule has 2 N–H and O–H groups in total. The Hall–Kier alpha value is -4.73. The number of anilines is 3. The van der Waals surface area contributed by atoms with Gasteiger partial charge in [-0.15, -0.1) is 0 Å². The number of ether oxygens (including phenoxy) is 2. The van der Waals surface area contributed by atoms with Crippen LogP contribution in [0.3, 0.4) is 0 Å². The minimum Gasteiger partial charge on any atom is -0.465 e. The molecule has 9 nitrogen and oxygen atoms in total. The van der Waals surface area contributed by atoms with E-state index in [0.717, 1.165) is 18.7 Å². The van der Waals surface area contributed by atoms with Crippen molar-refractivity contribution in [3.63, 3.8) is 0 Å². The average Bonchev–Trinajstić information content (AvgIpc) is 2.88. The molecule has 0 saturated carbocycles. The van der Waals surface area contributed by atoms with Gasteiger partial charge in [0.25, 0.3) is 0 Å². The van der Waals surface area contributed by atoms with E-state index in [1.54, 1.807) is 32.7 Å². The molecule has 0 radical (unpaired) electrons. The number of carbonyl (C=O) groups is 4. The number of esters is 2. The summed E-state index contributed by atoms with van der Waals surface area (Å²) >= 11 is 0. The third-order valence-corrected chi connectivity index (χ3v) is 5.55. The quantitative estimate of drug-likeness (QED) is 0.280. The van der Waals surface area contributed by atoms with Crippen LogP contribution in [0.15, 0.2) is 66.7 Å². The molecule has 3 aromatic rings. The molecule has 0 fully saturated rings. The van der Waals surface area contributed by atoms with Crippen LogP contribution in [-0.2, 0) is 25.6 Å². The average molecular weight is 550 g/mol. The maximum absolute atomic E-state index is 14.5. The molecule has 0 saturated heterocycles. The zero-order valence-corrected chi connectivity index (χ0v) is 23.0. The zero-order chi connectivity index (χ0) is 29.4. The molecule has 0 unspecified atom stereocenters. The fraction of sp³-hybridized carbons (Fsp3) is 0.267.